The maximum atomic E-state index is 12.4. The van der Waals surface area contributed by atoms with Crippen LogP contribution in [0.5, 0.6) is 0 Å². The number of halogens is 1. The maximum Gasteiger partial charge on any atom is 0.410 e. The van der Waals surface area contributed by atoms with Crippen molar-refractivity contribution in [1.82, 2.24) is 20.2 Å². The highest BCUT2D eigenvalue weighted by atomic mass is 35.5. The molecular formula is C51H71ClN6O2. The van der Waals surface area contributed by atoms with E-state index in [1.807, 2.05) is 20.8 Å². The smallest absolute Gasteiger partial charge is 0.410 e. The maximum absolute atomic E-state index is 12.4. The second-order valence-corrected chi connectivity index (χ2v) is 21.0. The largest absolute Gasteiger partial charge is 0.444 e. The van der Waals surface area contributed by atoms with Gasteiger partial charge in [0.15, 0.2) is 0 Å². The third kappa shape index (κ3) is 9.97. The number of carbonyl (C=O) groups is 1. The van der Waals surface area contributed by atoms with Gasteiger partial charge < -0.3 is 24.8 Å². The summed E-state index contributed by atoms with van der Waals surface area (Å²) < 4.78 is 5.52. The van der Waals surface area contributed by atoms with Gasteiger partial charge in [-0.1, -0.05) is 91.8 Å². The molecule has 8 nitrogen and oxygen atoms in total. The van der Waals surface area contributed by atoms with E-state index >= 15 is 0 Å². The van der Waals surface area contributed by atoms with Gasteiger partial charge in [-0.05, 0) is 127 Å². The number of ether oxygens (including phenoxy) is 1. The average molecular weight is 836 g/mol. The quantitative estimate of drug-likeness (QED) is 0.219. The number of rotatable bonds is 4. The Labute approximate surface area is 367 Å². The van der Waals surface area contributed by atoms with Crippen molar-refractivity contribution in [2.45, 2.75) is 129 Å². The Hall–Kier alpha value is -4.14. The molecule has 0 unspecified atom stereocenters. The van der Waals surface area contributed by atoms with E-state index in [1.54, 1.807) is 4.90 Å². The molecule has 2 aliphatic heterocycles. The van der Waals surface area contributed by atoms with Gasteiger partial charge in [-0.3, -0.25) is 0 Å². The molecule has 60 heavy (non-hydrogen) atoms. The van der Waals surface area contributed by atoms with E-state index in [0.29, 0.717) is 13.1 Å². The third-order valence-corrected chi connectivity index (χ3v) is 13.5. The van der Waals surface area contributed by atoms with Crippen molar-refractivity contribution >= 4 is 30.1 Å². The van der Waals surface area contributed by atoms with E-state index in [0.717, 1.165) is 62.3 Å². The van der Waals surface area contributed by atoms with Crippen LogP contribution in [0, 0.1) is 0 Å². The first-order valence-corrected chi connectivity index (χ1v) is 22.2. The second kappa shape index (κ2) is 17.3. The lowest BCUT2D eigenvalue weighted by Gasteiger charge is -2.42. The second-order valence-electron chi connectivity index (χ2n) is 21.0. The minimum absolute atomic E-state index is 0. The fourth-order valence-electron chi connectivity index (χ4n) is 9.35. The number of piperazine rings is 2. The number of amides is 1. The number of fused-ring (bicyclic) bond motifs is 2. The summed E-state index contributed by atoms with van der Waals surface area (Å²) in [4.78, 5) is 28.8. The minimum Gasteiger partial charge on any atom is -0.444 e. The van der Waals surface area contributed by atoms with E-state index in [1.165, 1.54) is 59.1 Å². The van der Waals surface area contributed by atoms with Crippen LogP contribution in [0.3, 0.4) is 0 Å². The summed E-state index contributed by atoms with van der Waals surface area (Å²) in [6.07, 6.45) is 4.68. The Morgan fingerprint density at radius 3 is 1.38 bits per heavy atom. The van der Waals surface area contributed by atoms with Crippen molar-refractivity contribution in [2.24, 2.45) is 0 Å². The van der Waals surface area contributed by atoms with Gasteiger partial charge in [0.2, 0.25) is 0 Å². The normalized spacial score (nSPS) is 20.1. The fourth-order valence-corrected chi connectivity index (χ4v) is 9.35. The summed E-state index contributed by atoms with van der Waals surface area (Å²) in [6.45, 7) is 31.6. The number of pyridine rings is 2. The number of carbonyl (C=O) groups excluding carboxylic acids is 1. The molecule has 2 saturated heterocycles. The monoisotopic (exact) mass is 835 g/mol. The molecule has 0 bridgehead atoms. The Bertz CT molecular complexity index is 2140. The van der Waals surface area contributed by atoms with Gasteiger partial charge >= 0.3 is 6.09 Å². The Morgan fingerprint density at radius 1 is 0.567 bits per heavy atom. The average Bonchev–Trinajstić information content (AvgIpc) is 3.21. The number of hydrogen-bond donors (Lipinski definition) is 1. The summed E-state index contributed by atoms with van der Waals surface area (Å²) in [7, 11) is 0. The summed E-state index contributed by atoms with van der Waals surface area (Å²) in [5.74, 6) is 2.06. The highest BCUT2D eigenvalue weighted by Crippen LogP contribution is 2.48. The van der Waals surface area contributed by atoms with Gasteiger partial charge in [0, 0.05) is 63.5 Å². The molecule has 0 radical (unpaired) electrons. The lowest BCUT2D eigenvalue weighted by atomic mass is 9.63. The van der Waals surface area contributed by atoms with Crippen LogP contribution >= 0.6 is 12.4 Å². The first-order chi connectivity index (χ1) is 27.7. The van der Waals surface area contributed by atoms with Crippen molar-refractivity contribution in [2.75, 3.05) is 62.2 Å². The van der Waals surface area contributed by atoms with E-state index in [2.05, 4.69) is 143 Å². The molecule has 4 aromatic rings. The predicted octanol–water partition coefficient (Wildman–Crippen LogP) is 11.1. The number of benzene rings is 2. The van der Waals surface area contributed by atoms with Gasteiger partial charge in [0.1, 0.15) is 17.2 Å². The molecule has 1 amide bonds. The molecule has 0 saturated carbocycles. The number of anilines is 2. The van der Waals surface area contributed by atoms with Gasteiger partial charge in [-0.15, -0.1) is 12.4 Å². The van der Waals surface area contributed by atoms with Crippen molar-refractivity contribution < 1.29 is 9.53 Å². The van der Waals surface area contributed by atoms with Crippen LogP contribution in [0.4, 0.5) is 16.4 Å². The van der Waals surface area contributed by atoms with Crippen LogP contribution in [0.2, 0.25) is 0 Å². The van der Waals surface area contributed by atoms with Crippen LogP contribution in [0.25, 0.3) is 22.5 Å². The van der Waals surface area contributed by atoms with E-state index in [4.69, 9.17) is 14.7 Å². The SMILES string of the molecule is CC(C)(C)OC(=O)N1CCN(c2cccc(-c3ccc4c(c3)C(C)(C)CCC4(C)C)n2)CC1.CC1(C)CCC(C)(C)c2cc(-c3cccc(N4CCNCC4)n3)ccc21.Cl. The zero-order valence-corrected chi connectivity index (χ0v) is 39.2. The molecule has 9 heteroatoms. The lowest BCUT2D eigenvalue weighted by Crippen LogP contribution is -2.50. The van der Waals surface area contributed by atoms with Crippen LogP contribution in [0.1, 0.15) is 124 Å². The van der Waals surface area contributed by atoms with E-state index in [-0.39, 0.29) is 40.2 Å². The van der Waals surface area contributed by atoms with Crippen LogP contribution in [-0.2, 0) is 26.4 Å². The first-order valence-electron chi connectivity index (χ1n) is 22.2. The molecule has 324 valence electrons. The summed E-state index contributed by atoms with van der Waals surface area (Å²) in [5, 5.41) is 3.41. The van der Waals surface area contributed by atoms with Crippen molar-refractivity contribution in [3.63, 3.8) is 0 Å². The van der Waals surface area contributed by atoms with Crippen LogP contribution in [0.15, 0.2) is 72.8 Å². The Morgan fingerprint density at radius 2 is 0.967 bits per heavy atom. The number of aromatic nitrogens is 2. The molecule has 2 fully saturated rings. The first kappa shape index (κ1) is 45.4. The van der Waals surface area contributed by atoms with E-state index < -0.39 is 5.60 Å². The van der Waals surface area contributed by atoms with E-state index in [9.17, 15) is 4.79 Å². The summed E-state index contributed by atoms with van der Waals surface area (Å²) in [5.41, 5.74) is 10.9. The topological polar surface area (TPSA) is 73.8 Å². The zero-order chi connectivity index (χ0) is 42.4. The van der Waals surface area contributed by atoms with Gasteiger partial charge in [0.05, 0.1) is 11.4 Å². The van der Waals surface area contributed by atoms with Crippen molar-refractivity contribution in [1.29, 1.82) is 0 Å². The van der Waals surface area contributed by atoms with Crippen LogP contribution in [-0.4, -0.2) is 78.9 Å². The predicted molar refractivity (Wildman–Crippen MR) is 252 cm³/mol. The highest BCUT2D eigenvalue weighted by Gasteiger charge is 2.38. The highest BCUT2D eigenvalue weighted by molar-refractivity contribution is 5.85. The van der Waals surface area contributed by atoms with Gasteiger partial charge in [-0.2, -0.15) is 0 Å². The molecule has 1 N–H and O–H groups in total. The number of nitrogens with one attached hydrogen (secondary N) is 1. The summed E-state index contributed by atoms with van der Waals surface area (Å²) in [6, 6.07) is 26.6. The Kier molecular flexibility index (Phi) is 13.1. The molecule has 0 atom stereocenters. The summed E-state index contributed by atoms with van der Waals surface area (Å²) >= 11 is 0. The Balaban J connectivity index is 0.000000203. The fraction of sp³-hybridized carbons (Fsp3) is 0.549. The molecule has 2 aromatic carbocycles. The lowest BCUT2D eigenvalue weighted by molar-refractivity contribution is 0.0240. The minimum atomic E-state index is -0.469. The molecule has 2 aromatic heterocycles. The molecule has 0 spiro atoms. The molecular weight excluding hydrogens is 764 g/mol. The number of nitrogens with zero attached hydrogens (tertiary/aromatic N) is 5. The van der Waals surface area contributed by atoms with Gasteiger partial charge in [-0.25, -0.2) is 14.8 Å². The molecule has 4 heterocycles. The standard InChI is InChI=1S/C28H39N3O2.C23H31N3.ClH/c1-26(2,3)33-25(32)31-17-15-30(16-18-31)24-10-8-9-23(29-24)20-11-12-21-22(19-20)28(6,7)14-13-27(21,4)5;1-22(2)10-11-23(3,4)19-16-17(8-9-18(19)22)20-6-5-7-21(25-20)26-14-12-24-13-15-26;/h8-12,19H,13-18H2,1-7H3;5-9,16,24H,10-15H2,1-4H3;1H. The van der Waals surface area contributed by atoms with Crippen molar-refractivity contribution in [3.05, 3.63) is 95.1 Å². The molecule has 2 aliphatic carbocycles. The van der Waals surface area contributed by atoms with Gasteiger partial charge in [0.25, 0.3) is 0 Å². The zero-order valence-electron chi connectivity index (χ0n) is 38.4. The molecule has 4 aliphatic rings. The van der Waals surface area contributed by atoms with Crippen LogP contribution < -0.4 is 15.1 Å². The molecule has 8 rings (SSSR count). The van der Waals surface area contributed by atoms with Crippen molar-refractivity contribution in [3.8, 4) is 22.5 Å². The number of hydrogen-bond acceptors (Lipinski definition) is 7. The third-order valence-electron chi connectivity index (χ3n) is 13.5.